The highest BCUT2D eigenvalue weighted by molar-refractivity contribution is 8.00. The van der Waals surface area contributed by atoms with Crippen molar-refractivity contribution in [1.82, 2.24) is 14.7 Å². The number of amides is 1. The van der Waals surface area contributed by atoms with E-state index in [1.54, 1.807) is 40.7 Å². The third kappa shape index (κ3) is 3.75. The molecule has 3 aromatic rings. The van der Waals surface area contributed by atoms with Crippen LogP contribution in [0.4, 0.5) is 4.39 Å². The first-order valence-electron chi connectivity index (χ1n) is 9.02. The zero-order valence-corrected chi connectivity index (χ0v) is 16.2. The Hall–Kier alpha value is -2.80. The molecule has 0 saturated carbocycles. The number of aryl methyl sites for hydroxylation is 1. The number of aromatic hydroxyl groups is 1. The summed E-state index contributed by atoms with van der Waals surface area (Å²) in [6.45, 7) is 2.53. The monoisotopic (exact) mass is 397 g/mol. The molecule has 2 aromatic carbocycles. The molecule has 1 N–H and O–H groups in total. The number of hydrogen-bond acceptors (Lipinski definition) is 4. The number of carbonyl (C=O) groups excluding carboxylic acids is 1. The van der Waals surface area contributed by atoms with Gasteiger partial charge in [0, 0.05) is 18.3 Å². The van der Waals surface area contributed by atoms with E-state index in [1.807, 2.05) is 30.2 Å². The molecule has 144 valence electrons. The molecule has 1 saturated heterocycles. The van der Waals surface area contributed by atoms with Crippen LogP contribution in [0.25, 0.3) is 5.69 Å². The second kappa shape index (κ2) is 7.67. The number of rotatable bonds is 5. The number of hydrogen-bond donors (Lipinski definition) is 1. The molecule has 1 aliphatic heterocycles. The molecular formula is C21H20FN3O2S. The van der Waals surface area contributed by atoms with Gasteiger partial charge in [0.15, 0.2) is 0 Å². The van der Waals surface area contributed by atoms with E-state index >= 15 is 0 Å². The number of aromatic nitrogens is 2. The number of carbonyl (C=O) groups is 1. The van der Waals surface area contributed by atoms with Gasteiger partial charge in [-0.15, -0.1) is 11.8 Å². The Morgan fingerprint density at radius 2 is 1.89 bits per heavy atom. The second-order valence-electron chi connectivity index (χ2n) is 6.76. The predicted molar refractivity (Wildman–Crippen MR) is 107 cm³/mol. The highest BCUT2D eigenvalue weighted by Gasteiger charge is 2.34. The highest BCUT2D eigenvalue weighted by atomic mass is 32.2. The zero-order chi connectivity index (χ0) is 19.7. The molecule has 0 radical (unpaired) electrons. The fourth-order valence-corrected chi connectivity index (χ4v) is 4.59. The summed E-state index contributed by atoms with van der Waals surface area (Å²) in [6.07, 6.45) is 2.64. The summed E-state index contributed by atoms with van der Waals surface area (Å²) >= 11 is 1.60. The number of thioether (sulfide) groups is 1. The van der Waals surface area contributed by atoms with Gasteiger partial charge in [0.2, 0.25) is 5.91 Å². The second-order valence-corrected chi connectivity index (χ2v) is 7.83. The molecule has 0 bridgehead atoms. The number of phenols is 1. The highest BCUT2D eigenvalue weighted by Crippen LogP contribution is 2.40. The van der Waals surface area contributed by atoms with Gasteiger partial charge >= 0.3 is 0 Å². The lowest BCUT2D eigenvalue weighted by Gasteiger charge is -2.23. The third-order valence-electron chi connectivity index (χ3n) is 4.84. The van der Waals surface area contributed by atoms with E-state index in [0.29, 0.717) is 18.7 Å². The van der Waals surface area contributed by atoms with Crippen molar-refractivity contribution in [2.45, 2.75) is 18.7 Å². The molecule has 1 amide bonds. The maximum Gasteiger partial charge on any atom is 0.233 e. The van der Waals surface area contributed by atoms with Crippen molar-refractivity contribution in [3.8, 4) is 11.4 Å². The largest absolute Gasteiger partial charge is 0.508 e. The Labute approximate surface area is 166 Å². The van der Waals surface area contributed by atoms with E-state index < -0.39 is 0 Å². The lowest BCUT2D eigenvalue weighted by Crippen LogP contribution is -2.30. The van der Waals surface area contributed by atoms with E-state index in [2.05, 4.69) is 5.10 Å². The van der Waals surface area contributed by atoms with E-state index in [0.717, 1.165) is 22.5 Å². The Morgan fingerprint density at radius 3 is 2.61 bits per heavy atom. The number of halogens is 1. The first kappa shape index (κ1) is 18.6. The van der Waals surface area contributed by atoms with E-state index in [4.69, 9.17) is 0 Å². The molecule has 1 atom stereocenters. The lowest BCUT2D eigenvalue weighted by molar-refractivity contribution is -0.128. The molecule has 7 heteroatoms. The lowest BCUT2D eigenvalue weighted by atomic mass is 10.1. The number of phenolic OH excluding ortho intramolecular Hbond substituents is 1. The van der Waals surface area contributed by atoms with Crippen molar-refractivity contribution in [3.05, 3.63) is 77.4 Å². The van der Waals surface area contributed by atoms with Crippen molar-refractivity contribution in [2.24, 2.45) is 0 Å². The van der Waals surface area contributed by atoms with Gasteiger partial charge in [0.25, 0.3) is 0 Å². The Kier molecular flexibility index (Phi) is 5.09. The van der Waals surface area contributed by atoms with E-state index in [-0.39, 0.29) is 22.8 Å². The minimum absolute atomic E-state index is 0.0844. The van der Waals surface area contributed by atoms with E-state index in [1.165, 1.54) is 12.1 Å². The fraction of sp³-hybridized carbons (Fsp3) is 0.238. The van der Waals surface area contributed by atoms with Gasteiger partial charge in [-0.3, -0.25) is 4.79 Å². The molecule has 1 aliphatic rings. The van der Waals surface area contributed by atoms with Crippen LogP contribution >= 0.6 is 11.8 Å². The van der Waals surface area contributed by atoms with Crippen molar-refractivity contribution in [1.29, 1.82) is 0 Å². The zero-order valence-electron chi connectivity index (χ0n) is 15.4. The minimum Gasteiger partial charge on any atom is -0.508 e. The summed E-state index contributed by atoms with van der Waals surface area (Å²) < 4.78 is 14.9. The third-order valence-corrected chi connectivity index (χ3v) is 6.08. The molecule has 1 fully saturated rings. The standard InChI is InChI=1S/C21H20FN3O2S/c1-14-19(12-25(23-14)17-6-4-16(22)5-7-17)21-24(20(27)13-28-21)11-10-15-2-8-18(26)9-3-15/h2-9,12,21,26H,10-11,13H2,1H3. The normalized spacial score (nSPS) is 16.7. The van der Waals surface area contributed by atoms with Gasteiger partial charge in [-0.25, -0.2) is 9.07 Å². The molecule has 4 rings (SSSR count). The number of nitrogens with zero attached hydrogens (tertiary/aromatic N) is 3. The van der Waals surface area contributed by atoms with Crippen molar-refractivity contribution in [3.63, 3.8) is 0 Å². The molecule has 28 heavy (non-hydrogen) atoms. The van der Waals surface area contributed by atoms with Crippen LogP contribution in [0.3, 0.4) is 0 Å². The van der Waals surface area contributed by atoms with Crippen molar-refractivity contribution < 1.29 is 14.3 Å². The van der Waals surface area contributed by atoms with Gasteiger partial charge in [-0.05, 0) is 55.3 Å². The fourth-order valence-electron chi connectivity index (χ4n) is 3.31. The summed E-state index contributed by atoms with van der Waals surface area (Å²) in [4.78, 5) is 14.3. The van der Waals surface area contributed by atoms with Gasteiger partial charge < -0.3 is 10.0 Å². The first-order valence-corrected chi connectivity index (χ1v) is 10.1. The van der Waals surface area contributed by atoms with Crippen LogP contribution < -0.4 is 0 Å². The van der Waals surface area contributed by atoms with Crippen LogP contribution in [-0.2, 0) is 11.2 Å². The van der Waals surface area contributed by atoms with Crippen LogP contribution in [0.1, 0.15) is 22.2 Å². The Bertz CT molecular complexity index is 986. The number of benzene rings is 2. The SMILES string of the molecule is Cc1nn(-c2ccc(F)cc2)cc1C1SCC(=O)N1CCc1ccc(O)cc1. The molecular weight excluding hydrogens is 377 g/mol. The van der Waals surface area contributed by atoms with Gasteiger partial charge in [-0.2, -0.15) is 5.10 Å². The average Bonchev–Trinajstić information content (AvgIpc) is 3.24. The Morgan fingerprint density at radius 1 is 1.18 bits per heavy atom. The molecule has 2 heterocycles. The van der Waals surface area contributed by atoms with Crippen molar-refractivity contribution in [2.75, 3.05) is 12.3 Å². The quantitative estimate of drug-likeness (QED) is 0.711. The van der Waals surface area contributed by atoms with E-state index in [9.17, 15) is 14.3 Å². The Balaban J connectivity index is 1.54. The summed E-state index contributed by atoms with van der Waals surface area (Å²) in [7, 11) is 0. The van der Waals surface area contributed by atoms with Crippen molar-refractivity contribution >= 4 is 17.7 Å². The summed E-state index contributed by atoms with van der Waals surface area (Å²) in [5.41, 5.74) is 3.69. The molecule has 5 nitrogen and oxygen atoms in total. The summed E-state index contributed by atoms with van der Waals surface area (Å²) in [5.74, 6) is 0.507. The first-order chi connectivity index (χ1) is 13.5. The van der Waals surface area contributed by atoms with Crippen LogP contribution in [0.5, 0.6) is 5.75 Å². The smallest absolute Gasteiger partial charge is 0.233 e. The summed E-state index contributed by atoms with van der Waals surface area (Å²) in [6, 6.07) is 13.2. The van der Waals surface area contributed by atoms with Crippen LogP contribution in [0.15, 0.2) is 54.7 Å². The average molecular weight is 397 g/mol. The van der Waals surface area contributed by atoms with Gasteiger partial charge in [0.1, 0.15) is 16.9 Å². The maximum absolute atomic E-state index is 13.2. The molecule has 1 unspecified atom stereocenters. The van der Waals surface area contributed by atoms with Crippen LogP contribution in [0, 0.1) is 12.7 Å². The molecule has 0 aliphatic carbocycles. The summed E-state index contributed by atoms with van der Waals surface area (Å²) in [5, 5.41) is 13.9. The minimum atomic E-state index is -0.287. The van der Waals surface area contributed by atoms with Crippen LogP contribution in [0.2, 0.25) is 0 Å². The predicted octanol–water partition coefficient (Wildman–Crippen LogP) is 3.84. The maximum atomic E-state index is 13.2. The van der Waals surface area contributed by atoms with Gasteiger partial charge in [0.05, 0.1) is 17.1 Å². The van der Waals surface area contributed by atoms with Gasteiger partial charge in [-0.1, -0.05) is 12.1 Å². The molecule has 1 aromatic heterocycles. The van der Waals surface area contributed by atoms with Crippen LogP contribution in [-0.4, -0.2) is 38.0 Å². The topological polar surface area (TPSA) is 58.4 Å². The molecule has 0 spiro atoms.